The minimum Gasteiger partial charge on any atom is -0.350 e. The van der Waals surface area contributed by atoms with Crippen molar-refractivity contribution in [2.24, 2.45) is 0 Å². The van der Waals surface area contributed by atoms with Gasteiger partial charge in [0.15, 0.2) is 5.65 Å². The van der Waals surface area contributed by atoms with Crippen LogP contribution >= 0.6 is 0 Å². The maximum Gasteiger partial charge on any atom is 0.243 e. The van der Waals surface area contributed by atoms with Crippen LogP contribution in [0.15, 0.2) is 24.4 Å². The summed E-state index contributed by atoms with van der Waals surface area (Å²) in [5.74, 6) is 1.06. The molecule has 18 heavy (non-hydrogen) atoms. The average Bonchev–Trinajstić information content (AvgIpc) is 2.74. The first kappa shape index (κ1) is 11.5. The van der Waals surface area contributed by atoms with E-state index in [1.54, 1.807) is 4.52 Å². The summed E-state index contributed by atoms with van der Waals surface area (Å²) in [5, 5.41) is 7.49. The number of sulfone groups is 1. The van der Waals surface area contributed by atoms with E-state index in [1.165, 1.54) is 0 Å². The van der Waals surface area contributed by atoms with Crippen LogP contribution in [0.2, 0.25) is 0 Å². The molecule has 2 aromatic heterocycles. The zero-order valence-corrected chi connectivity index (χ0v) is 10.6. The van der Waals surface area contributed by atoms with Crippen molar-refractivity contribution < 1.29 is 8.42 Å². The molecule has 1 aliphatic rings. The Kier molecular flexibility index (Phi) is 2.70. The zero-order valence-electron chi connectivity index (χ0n) is 9.78. The van der Waals surface area contributed by atoms with E-state index in [4.69, 9.17) is 0 Å². The molecule has 1 saturated heterocycles. The van der Waals surface area contributed by atoms with Crippen molar-refractivity contribution in [2.45, 2.75) is 18.9 Å². The van der Waals surface area contributed by atoms with E-state index in [0.717, 1.165) is 5.65 Å². The monoisotopic (exact) mass is 266 g/mol. The normalized spacial score (nSPS) is 20.0. The van der Waals surface area contributed by atoms with Crippen molar-refractivity contribution in [3.8, 4) is 0 Å². The standard InChI is InChI=1S/C11H14N4O2S/c16-18(17)7-4-9(5-8-18)12-11-13-10-3-1-2-6-15(10)14-11/h1-3,6,9H,4-5,7-8H2,(H,12,14). The van der Waals surface area contributed by atoms with Crippen LogP contribution in [0, 0.1) is 0 Å². The highest BCUT2D eigenvalue weighted by atomic mass is 32.2. The summed E-state index contributed by atoms with van der Waals surface area (Å²) >= 11 is 0. The molecule has 3 heterocycles. The number of nitrogens with zero attached hydrogens (tertiary/aromatic N) is 3. The molecule has 6 nitrogen and oxygen atoms in total. The molecule has 0 bridgehead atoms. The van der Waals surface area contributed by atoms with Crippen LogP contribution in [0.5, 0.6) is 0 Å². The Labute approximate surface area is 105 Å². The van der Waals surface area contributed by atoms with Crippen LogP contribution in [0.1, 0.15) is 12.8 Å². The number of pyridine rings is 1. The second-order valence-corrected chi connectivity index (χ2v) is 6.81. The summed E-state index contributed by atoms with van der Waals surface area (Å²) in [6, 6.07) is 5.81. The van der Waals surface area contributed by atoms with Crippen LogP contribution in [-0.2, 0) is 9.84 Å². The Morgan fingerprint density at radius 1 is 1.28 bits per heavy atom. The van der Waals surface area contributed by atoms with Crippen LogP contribution in [0.3, 0.4) is 0 Å². The van der Waals surface area contributed by atoms with Crippen molar-refractivity contribution in [3.63, 3.8) is 0 Å². The number of rotatable bonds is 2. The van der Waals surface area contributed by atoms with E-state index in [9.17, 15) is 8.42 Å². The van der Waals surface area contributed by atoms with Gasteiger partial charge in [-0.3, -0.25) is 0 Å². The van der Waals surface area contributed by atoms with Gasteiger partial charge in [0.2, 0.25) is 5.95 Å². The Bertz CT molecular complexity index is 617. The maximum atomic E-state index is 11.3. The van der Waals surface area contributed by atoms with E-state index in [2.05, 4.69) is 15.4 Å². The molecule has 96 valence electrons. The quantitative estimate of drug-likeness (QED) is 0.866. The van der Waals surface area contributed by atoms with Gasteiger partial charge in [-0.25, -0.2) is 12.9 Å². The third-order valence-corrected chi connectivity index (χ3v) is 4.84. The van der Waals surface area contributed by atoms with Gasteiger partial charge in [0.1, 0.15) is 9.84 Å². The summed E-state index contributed by atoms with van der Waals surface area (Å²) in [4.78, 5) is 4.33. The average molecular weight is 266 g/mol. The van der Waals surface area contributed by atoms with E-state index >= 15 is 0 Å². The Hall–Kier alpha value is -1.63. The van der Waals surface area contributed by atoms with Crippen molar-refractivity contribution >= 4 is 21.4 Å². The summed E-state index contributed by atoms with van der Waals surface area (Å²) in [5.41, 5.74) is 0.781. The van der Waals surface area contributed by atoms with Gasteiger partial charge in [0.05, 0.1) is 11.5 Å². The highest BCUT2D eigenvalue weighted by Gasteiger charge is 2.24. The first-order chi connectivity index (χ1) is 8.62. The first-order valence-electron chi connectivity index (χ1n) is 5.91. The van der Waals surface area contributed by atoms with E-state index in [1.807, 2.05) is 24.4 Å². The minimum absolute atomic E-state index is 0.144. The zero-order chi connectivity index (χ0) is 12.6. The summed E-state index contributed by atoms with van der Waals surface area (Å²) in [6.45, 7) is 0. The lowest BCUT2D eigenvalue weighted by molar-refractivity contribution is 0.558. The predicted octanol–water partition coefficient (Wildman–Crippen LogP) is 0.718. The van der Waals surface area contributed by atoms with Gasteiger partial charge < -0.3 is 5.32 Å². The summed E-state index contributed by atoms with van der Waals surface area (Å²) < 4.78 is 24.3. The molecule has 1 aliphatic heterocycles. The van der Waals surface area contributed by atoms with Crippen LogP contribution in [-0.4, -0.2) is 40.6 Å². The number of hydrogen-bond donors (Lipinski definition) is 1. The summed E-state index contributed by atoms with van der Waals surface area (Å²) in [6.07, 6.45) is 3.08. The van der Waals surface area contributed by atoms with E-state index in [0.29, 0.717) is 18.8 Å². The van der Waals surface area contributed by atoms with Gasteiger partial charge in [0, 0.05) is 12.2 Å². The minimum atomic E-state index is -2.82. The maximum absolute atomic E-state index is 11.3. The smallest absolute Gasteiger partial charge is 0.243 e. The molecule has 1 N–H and O–H groups in total. The molecule has 2 aromatic rings. The second kappa shape index (κ2) is 4.24. The van der Waals surface area contributed by atoms with Crippen molar-refractivity contribution in [1.82, 2.24) is 14.6 Å². The van der Waals surface area contributed by atoms with Crippen LogP contribution in [0.4, 0.5) is 5.95 Å². The summed E-state index contributed by atoms with van der Waals surface area (Å²) in [7, 11) is -2.82. The molecule has 0 aliphatic carbocycles. The first-order valence-corrected chi connectivity index (χ1v) is 7.73. The van der Waals surface area contributed by atoms with Gasteiger partial charge in [-0.2, -0.15) is 4.98 Å². The number of nitrogens with one attached hydrogen (secondary N) is 1. The Balaban J connectivity index is 1.73. The lowest BCUT2D eigenvalue weighted by atomic mass is 10.2. The van der Waals surface area contributed by atoms with E-state index in [-0.39, 0.29) is 17.5 Å². The third-order valence-electron chi connectivity index (χ3n) is 3.13. The molecule has 3 rings (SSSR count). The van der Waals surface area contributed by atoms with Gasteiger partial charge >= 0.3 is 0 Å². The molecule has 0 spiro atoms. The SMILES string of the molecule is O=S1(=O)CCC(Nc2nc3ccccn3n2)CC1. The third kappa shape index (κ3) is 2.31. The molecule has 0 amide bonds. The van der Waals surface area contributed by atoms with Crippen molar-refractivity contribution in [1.29, 1.82) is 0 Å². The number of hydrogen-bond acceptors (Lipinski definition) is 5. The lowest BCUT2D eigenvalue weighted by Crippen LogP contribution is -2.32. The fourth-order valence-corrected chi connectivity index (χ4v) is 3.60. The molecular formula is C11H14N4O2S. The number of aromatic nitrogens is 3. The van der Waals surface area contributed by atoms with Crippen LogP contribution < -0.4 is 5.32 Å². The molecule has 0 saturated carbocycles. The van der Waals surface area contributed by atoms with Gasteiger partial charge in [-0.1, -0.05) is 6.07 Å². The molecule has 0 radical (unpaired) electrons. The Morgan fingerprint density at radius 3 is 2.78 bits per heavy atom. The topological polar surface area (TPSA) is 76.4 Å². The molecule has 0 atom stereocenters. The lowest BCUT2D eigenvalue weighted by Gasteiger charge is -2.22. The molecule has 1 fully saturated rings. The molecule has 0 unspecified atom stereocenters. The van der Waals surface area contributed by atoms with Gasteiger partial charge in [0.25, 0.3) is 0 Å². The highest BCUT2D eigenvalue weighted by Crippen LogP contribution is 2.16. The fraction of sp³-hybridized carbons (Fsp3) is 0.455. The highest BCUT2D eigenvalue weighted by molar-refractivity contribution is 7.91. The van der Waals surface area contributed by atoms with Gasteiger partial charge in [-0.15, -0.1) is 5.10 Å². The van der Waals surface area contributed by atoms with E-state index < -0.39 is 9.84 Å². The second-order valence-electron chi connectivity index (χ2n) is 4.51. The molecule has 0 aromatic carbocycles. The number of anilines is 1. The molecule has 7 heteroatoms. The predicted molar refractivity (Wildman–Crippen MR) is 68.3 cm³/mol. The Morgan fingerprint density at radius 2 is 2.06 bits per heavy atom. The number of fused-ring (bicyclic) bond motifs is 1. The van der Waals surface area contributed by atoms with Crippen molar-refractivity contribution in [2.75, 3.05) is 16.8 Å². The van der Waals surface area contributed by atoms with Crippen LogP contribution in [0.25, 0.3) is 5.65 Å². The van der Waals surface area contributed by atoms with Crippen molar-refractivity contribution in [3.05, 3.63) is 24.4 Å². The fourth-order valence-electron chi connectivity index (χ4n) is 2.11. The van der Waals surface area contributed by atoms with Gasteiger partial charge in [-0.05, 0) is 25.0 Å². The molecular weight excluding hydrogens is 252 g/mol. The largest absolute Gasteiger partial charge is 0.350 e.